The summed E-state index contributed by atoms with van der Waals surface area (Å²) >= 11 is 14.4. The number of nitrogens with zero attached hydrogens (tertiary/aromatic N) is 5. The van der Waals surface area contributed by atoms with E-state index in [0.29, 0.717) is 59.3 Å². The number of hydrogen-bond acceptors (Lipinski definition) is 11. The minimum Gasteiger partial charge on any atom is -0.480 e. The van der Waals surface area contributed by atoms with Crippen molar-refractivity contribution in [3.05, 3.63) is 26.9 Å². The first-order valence-corrected chi connectivity index (χ1v) is 11.5. The van der Waals surface area contributed by atoms with Gasteiger partial charge in [0.25, 0.3) is 5.91 Å². The van der Waals surface area contributed by atoms with Crippen LogP contribution in [0, 0.1) is 0 Å². The van der Waals surface area contributed by atoms with E-state index in [0.717, 1.165) is 5.69 Å². The smallest absolute Gasteiger partial charge is 0.323 e. The molecule has 0 bridgehead atoms. The van der Waals surface area contributed by atoms with E-state index in [4.69, 9.17) is 43.5 Å². The zero-order chi connectivity index (χ0) is 24.7. The van der Waals surface area contributed by atoms with Crippen molar-refractivity contribution < 1.29 is 24.2 Å². The Labute approximate surface area is 212 Å². The average Bonchev–Trinajstić information content (AvgIpc) is 2.84. The number of rotatable bonds is 1. The number of nitrogens with two attached hydrogens (primary N) is 1. The number of anilines is 3. The van der Waals surface area contributed by atoms with Crippen LogP contribution in [0.1, 0.15) is 0 Å². The van der Waals surface area contributed by atoms with Gasteiger partial charge in [-0.25, -0.2) is 0 Å². The van der Waals surface area contributed by atoms with E-state index in [-0.39, 0.29) is 18.6 Å². The molecular formula is C18H21BrCl2N8O5. The maximum atomic E-state index is 11.7. The number of carboxylic acid groups (broad SMARTS) is 1. The summed E-state index contributed by atoms with van der Waals surface area (Å²) in [5.41, 5.74) is 6.12. The van der Waals surface area contributed by atoms with Crippen molar-refractivity contribution in [2.75, 3.05) is 55.5 Å². The summed E-state index contributed by atoms with van der Waals surface area (Å²) in [4.78, 5) is 23.9. The summed E-state index contributed by atoms with van der Waals surface area (Å²) in [6, 6.07) is 2.51. The van der Waals surface area contributed by atoms with Gasteiger partial charge in [0.05, 0.1) is 36.6 Å². The second-order valence-electron chi connectivity index (χ2n) is 6.99. The third-order valence-corrected chi connectivity index (χ3v) is 5.69. The number of morpholine rings is 2. The molecule has 0 aromatic carbocycles. The molecule has 2 unspecified atom stereocenters. The van der Waals surface area contributed by atoms with Crippen LogP contribution in [0.3, 0.4) is 0 Å². The Morgan fingerprint density at radius 1 is 1.15 bits per heavy atom. The topological polar surface area (TPSA) is 178 Å². The molecule has 5 rings (SSSR count). The largest absolute Gasteiger partial charge is 0.480 e. The zero-order valence-electron chi connectivity index (χ0n) is 17.6. The average molecular weight is 580 g/mol. The van der Waals surface area contributed by atoms with E-state index < -0.39 is 12.0 Å². The van der Waals surface area contributed by atoms with Gasteiger partial charge < -0.3 is 35.8 Å². The van der Waals surface area contributed by atoms with Crippen LogP contribution >= 0.6 is 39.1 Å². The summed E-state index contributed by atoms with van der Waals surface area (Å²) in [5.74, 6) is -0.134. The Morgan fingerprint density at radius 2 is 1.85 bits per heavy atom. The van der Waals surface area contributed by atoms with Crippen LogP contribution in [0.2, 0.25) is 10.3 Å². The molecule has 0 saturated carbocycles. The number of aliphatic carboxylic acids is 1. The predicted octanol–water partition coefficient (Wildman–Crippen LogP) is 0.821. The summed E-state index contributed by atoms with van der Waals surface area (Å²) in [7, 11) is 0. The molecule has 2 fully saturated rings. The fourth-order valence-corrected chi connectivity index (χ4v) is 3.77. The lowest BCUT2D eigenvalue weighted by atomic mass is 10.1. The highest BCUT2D eigenvalue weighted by Crippen LogP contribution is 2.32. The van der Waals surface area contributed by atoms with Crippen LogP contribution < -0.4 is 21.3 Å². The third-order valence-electron chi connectivity index (χ3n) is 4.69. The lowest BCUT2D eigenvalue weighted by Gasteiger charge is -2.39. The molecule has 2 aromatic heterocycles. The van der Waals surface area contributed by atoms with Crippen molar-refractivity contribution in [1.82, 2.24) is 25.7 Å². The van der Waals surface area contributed by atoms with E-state index in [1.54, 1.807) is 12.1 Å². The second-order valence-corrected chi connectivity index (χ2v) is 8.62. The zero-order valence-corrected chi connectivity index (χ0v) is 20.7. The number of aromatic nitrogens is 4. The van der Waals surface area contributed by atoms with Gasteiger partial charge >= 0.3 is 5.97 Å². The number of amides is 1. The molecule has 13 nitrogen and oxygen atoms in total. The van der Waals surface area contributed by atoms with Crippen LogP contribution in [-0.2, 0) is 19.1 Å². The van der Waals surface area contributed by atoms with Crippen molar-refractivity contribution in [3.8, 4) is 0 Å². The maximum Gasteiger partial charge on any atom is 0.323 e. The van der Waals surface area contributed by atoms with E-state index >= 15 is 0 Å². The van der Waals surface area contributed by atoms with E-state index in [1.807, 2.05) is 4.90 Å². The number of ether oxygens (including phenoxy) is 2. The summed E-state index contributed by atoms with van der Waals surface area (Å²) < 4.78 is 10.9. The van der Waals surface area contributed by atoms with Crippen LogP contribution in [0.5, 0.6) is 0 Å². The minimum atomic E-state index is -0.838. The number of nitrogens with one attached hydrogen (secondary N) is 2. The number of nitrogen functional groups attached to an aromatic ring is 1. The summed E-state index contributed by atoms with van der Waals surface area (Å²) in [5, 5.41) is 29.1. The molecule has 0 aliphatic carbocycles. The Hall–Kier alpha value is -2.36. The van der Waals surface area contributed by atoms with Crippen molar-refractivity contribution in [2.45, 2.75) is 12.1 Å². The summed E-state index contributed by atoms with van der Waals surface area (Å²) in [6.07, 6.45) is 0. The molecule has 5 N–H and O–H groups in total. The van der Waals surface area contributed by atoms with Crippen molar-refractivity contribution in [2.24, 2.45) is 0 Å². The highest BCUT2D eigenvalue weighted by molar-refractivity contribution is 9.10. The molecule has 34 heavy (non-hydrogen) atoms. The second kappa shape index (κ2) is 12.4. The van der Waals surface area contributed by atoms with Crippen LogP contribution in [-0.4, -0.2) is 89.0 Å². The number of carbonyl (C=O) groups is 2. The first-order chi connectivity index (χ1) is 16.3. The highest BCUT2D eigenvalue weighted by atomic mass is 79.9. The number of hydrogen-bond donors (Lipinski definition) is 4. The number of halogens is 3. The molecule has 184 valence electrons. The quantitative estimate of drug-likeness (QED) is 0.374. The minimum absolute atomic E-state index is 0.108. The van der Waals surface area contributed by atoms with Gasteiger partial charge in [0.2, 0.25) is 0 Å². The Morgan fingerprint density at radius 3 is 2.47 bits per heavy atom. The highest BCUT2D eigenvalue weighted by Gasteiger charge is 2.36. The first-order valence-electron chi connectivity index (χ1n) is 9.93. The summed E-state index contributed by atoms with van der Waals surface area (Å²) in [6.45, 7) is 3.19. The molecule has 2 saturated heterocycles. The molecule has 5 heterocycles. The number of carboxylic acids is 1. The maximum absolute atomic E-state index is 11.7. The lowest BCUT2D eigenvalue weighted by Crippen LogP contribution is -2.55. The molecule has 2 aromatic rings. The molecule has 3 aliphatic rings. The molecule has 0 spiro atoms. The van der Waals surface area contributed by atoms with Gasteiger partial charge in [0.15, 0.2) is 21.9 Å². The van der Waals surface area contributed by atoms with Crippen molar-refractivity contribution >= 4 is 68.3 Å². The fraction of sp³-hybridized carbons (Fsp3) is 0.444. The molecule has 0 radical (unpaired) electrons. The van der Waals surface area contributed by atoms with Gasteiger partial charge in [0.1, 0.15) is 12.1 Å². The molecule has 16 heteroatoms. The predicted molar refractivity (Wildman–Crippen MR) is 127 cm³/mol. The van der Waals surface area contributed by atoms with Crippen LogP contribution in [0.4, 0.5) is 17.3 Å². The Bertz CT molecular complexity index is 1030. The van der Waals surface area contributed by atoms with Crippen molar-refractivity contribution in [3.63, 3.8) is 0 Å². The van der Waals surface area contributed by atoms with E-state index in [9.17, 15) is 9.59 Å². The first kappa shape index (κ1) is 26.2. The monoisotopic (exact) mass is 578 g/mol. The number of carbonyl (C=O) groups excluding carboxylic acids is 1. The van der Waals surface area contributed by atoms with Crippen LogP contribution in [0.15, 0.2) is 16.6 Å². The standard InChI is InChI=1S/C9H9ClN4O2.C5H9NO3.C4H3BrClN3/c10-7-3-5-8(13-12-7)11-9(15)6-4-16-2-1-14(5)6;7-5(8)4-3-9-2-1-6-4;5-2-1-3(6)8-9-4(2)7/h3,6H,1-2,4H2,(H,11,13,15);4,6H,1-3H2,(H,7,8);1H,(H2,7,9). The van der Waals surface area contributed by atoms with Gasteiger partial charge in [0, 0.05) is 19.2 Å². The molecule has 1 amide bonds. The van der Waals surface area contributed by atoms with Crippen LogP contribution in [0.25, 0.3) is 0 Å². The van der Waals surface area contributed by atoms with Gasteiger partial charge in [-0.05, 0) is 22.0 Å². The fourth-order valence-electron chi connectivity index (χ4n) is 3.06. The van der Waals surface area contributed by atoms with Crippen molar-refractivity contribution in [1.29, 1.82) is 0 Å². The molecule has 2 atom stereocenters. The van der Waals surface area contributed by atoms with Gasteiger partial charge in [-0.1, -0.05) is 23.2 Å². The van der Waals surface area contributed by atoms with Gasteiger partial charge in [-0.2, -0.15) is 0 Å². The molecular weight excluding hydrogens is 559 g/mol. The normalized spacial score (nSPS) is 20.9. The van der Waals surface area contributed by atoms with Gasteiger partial charge in [-0.3, -0.25) is 9.59 Å². The van der Waals surface area contributed by atoms with Gasteiger partial charge in [-0.15, -0.1) is 20.4 Å². The third kappa shape index (κ3) is 7.07. The van der Waals surface area contributed by atoms with E-state index in [1.165, 1.54) is 0 Å². The SMILES string of the molecule is Nc1nnc(Cl)cc1Br.O=C(O)C1COCCN1.O=C1Nc2nnc(Cl)cc2N2CCOCC12. The molecule has 3 aliphatic heterocycles. The number of fused-ring (bicyclic) bond motifs is 3. The lowest BCUT2D eigenvalue weighted by molar-refractivity contribution is -0.142. The van der Waals surface area contributed by atoms with E-state index in [2.05, 4.69) is 47.0 Å². The Kier molecular flexibility index (Phi) is 9.55. The Balaban J connectivity index is 0.000000155.